The third kappa shape index (κ3) is 7.09. The van der Waals surface area contributed by atoms with Gasteiger partial charge in [0.2, 0.25) is 0 Å². The minimum atomic E-state index is -0.204. The van der Waals surface area contributed by atoms with Crippen LogP contribution in [0.1, 0.15) is 30.6 Å². The molecule has 0 aliphatic carbocycles. The molecular weight excluding hydrogens is 328 g/mol. The van der Waals surface area contributed by atoms with Crippen molar-refractivity contribution in [2.24, 2.45) is 0 Å². The molecule has 0 spiro atoms. The van der Waals surface area contributed by atoms with E-state index in [2.05, 4.69) is 41.2 Å². The highest BCUT2D eigenvalue weighted by Crippen LogP contribution is 2.14. The summed E-state index contributed by atoms with van der Waals surface area (Å²) in [7, 11) is 0. The zero-order valence-electron chi connectivity index (χ0n) is 14.0. The number of benzene rings is 1. The Morgan fingerprint density at radius 3 is 2.39 bits per heavy atom. The molecule has 1 aromatic carbocycles. The van der Waals surface area contributed by atoms with Crippen LogP contribution in [0, 0.1) is 0 Å². The number of hydrogen-bond acceptors (Lipinski definition) is 4. The van der Waals surface area contributed by atoms with Crippen LogP contribution in [-0.2, 0) is 0 Å². The van der Waals surface area contributed by atoms with E-state index in [0.717, 1.165) is 37.5 Å². The monoisotopic (exact) mass is 354 g/mol. The topological polar surface area (TPSA) is 56.4 Å². The molecule has 0 aliphatic rings. The van der Waals surface area contributed by atoms with E-state index in [-0.39, 0.29) is 5.91 Å². The molecule has 1 rings (SSSR count). The lowest BCUT2D eigenvalue weighted by Gasteiger charge is -2.21. The molecule has 0 heterocycles. The van der Waals surface area contributed by atoms with E-state index in [9.17, 15) is 4.79 Å². The molecule has 0 bridgehead atoms. The average Bonchev–Trinajstić information content (AvgIpc) is 2.58. The van der Waals surface area contributed by atoms with Gasteiger partial charge in [0.25, 0.3) is 5.91 Å². The molecule has 5 nitrogen and oxygen atoms in total. The highest BCUT2D eigenvalue weighted by molar-refractivity contribution is 7.98. The number of nitrogens with zero attached hydrogens (tertiary/aromatic N) is 1. The van der Waals surface area contributed by atoms with Gasteiger partial charge in [0.1, 0.15) is 0 Å². The minimum Gasteiger partial charge on any atom is -0.372 e. The number of rotatable bonds is 8. The van der Waals surface area contributed by atoms with Crippen LogP contribution in [0.5, 0.6) is 0 Å². The molecule has 23 heavy (non-hydrogen) atoms. The smallest absolute Gasteiger partial charge is 0.269 e. The Balaban J connectivity index is 2.41. The molecule has 0 radical (unpaired) electrons. The summed E-state index contributed by atoms with van der Waals surface area (Å²) in [6, 6.07) is 7.56. The fourth-order valence-corrected chi connectivity index (χ4v) is 2.65. The number of amides is 1. The van der Waals surface area contributed by atoms with Gasteiger partial charge in [-0.15, -0.1) is 0 Å². The van der Waals surface area contributed by atoms with Gasteiger partial charge < -0.3 is 10.2 Å². The molecular formula is C16H26N4OS2. The third-order valence-electron chi connectivity index (χ3n) is 3.36. The highest BCUT2D eigenvalue weighted by atomic mass is 32.2. The van der Waals surface area contributed by atoms with Crippen molar-refractivity contribution in [3.63, 3.8) is 0 Å². The van der Waals surface area contributed by atoms with Crippen LogP contribution in [-0.4, -0.2) is 42.7 Å². The zero-order chi connectivity index (χ0) is 17.1. The number of anilines is 1. The van der Waals surface area contributed by atoms with Crippen LogP contribution in [0.4, 0.5) is 5.69 Å². The van der Waals surface area contributed by atoms with Gasteiger partial charge in [-0.25, -0.2) is 0 Å². The van der Waals surface area contributed by atoms with Gasteiger partial charge in [0.15, 0.2) is 5.11 Å². The Morgan fingerprint density at radius 2 is 1.83 bits per heavy atom. The van der Waals surface area contributed by atoms with Crippen LogP contribution < -0.4 is 21.1 Å². The summed E-state index contributed by atoms with van der Waals surface area (Å²) in [5, 5.41) is 3.48. The molecule has 3 N–H and O–H groups in total. The van der Waals surface area contributed by atoms with Gasteiger partial charge in [0.05, 0.1) is 0 Å². The third-order valence-corrected chi connectivity index (χ3v) is 4.30. The number of carbonyl (C=O) groups is 1. The first-order valence-corrected chi connectivity index (χ1v) is 9.60. The number of carbonyl (C=O) groups excluding carboxylic acids is 1. The van der Waals surface area contributed by atoms with E-state index in [0.29, 0.717) is 10.7 Å². The van der Waals surface area contributed by atoms with Crippen LogP contribution in [0.3, 0.4) is 0 Å². The van der Waals surface area contributed by atoms with E-state index in [1.54, 1.807) is 11.8 Å². The van der Waals surface area contributed by atoms with Crippen LogP contribution in [0.2, 0.25) is 0 Å². The second-order valence-corrected chi connectivity index (χ2v) is 6.29. The molecule has 7 heteroatoms. The summed E-state index contributed by atoms with van der Waals surface area (Å²) in [5.74, 6) is 0.880. The SMILES string of the molecule is CCN(CC)c1ccc(C(=O)NNC(=S)NCCCSC)cc1. The molecule has 128 valence electrons. The highest BCUT2D eigenvalue weighted by Gasteiger charge is 2.07. The van der Waals surface area contributed by atoms with Gasteiger partial charge in [-0.3, -0.25) is 15.6 Å². The first-order chi connectivity index (χ1) is 11.1. The Bertz CT molecular complexity index is 489. The summed E-state index contributed by atoms with van der Waals surface area (Å²) in [4.78, 5) is 14.3. The van der Waals surface area contributed by atoms with E-state index in [1.165, 1.54) is 0 Å². The maximum Gasteiger partial charge on any atom is 0.269 e. The van der Waals surface area contributed by atoms with Crippen molar-refractivity contribution in [2.45, 2.75) is 20.3 Å². The largest absolute Gasteiger partial charge is 0.372 e. The predicted octanol–water partition coefficient (Wildman–Crippen LogP) is 2.39. The van der Waals surface area contributed by atoms with E-state index in [1.807, 2.05) is 24.3 Å². The van der Waals surface area contributed by atoms with Crippen LogP contribution in [0.25, 0.3) is 0 Å². The summed E-state index contributed by atoms with van der Waals surface area (Å²) in [5.41, 5.74) is 7.04. The fraction of sp³-hybridized carbons (Fsp3) is 0.500. The first kappa shape index (κ1) is 19.6. The van der Waals surface area contributed by atoms with Gasteiger partial charge in [-0.2, -0.15) is 11.8 Å². The molecule has 0 unspecified atom stereocenters. The maximum absolute atomic E-state index is 12.1. The molecule has 0 saturated heterocycles. The fourth-order valence-electron chi connectivity index (χ4n) is 2.06. The minimum absolute atomic E-state index is 0.204. The molecule has 1 amide bonds. The number of thioether (sulfide) groups is 1. The van der Waals surface area contributed by atoms with Crippen LogP contribution >= 0.6 is 24.0 Å². The van der Waals surface area contributed by atoms with Gasteiger partial charge in [-0.1, -0.05) is 0 Å². The van der Waals surface area contributed by atoms with Crippen molar-refractivity contribution in [3.8, 4) is 0 Å². The van der Waals surface area contributed by atoms with Crippen molar-refractivity contribution >= 4 is 40.7 Å². The van der Waals surface area contributed by atoms with Crippen molar-refractivity contribution < 1.29 is 4.79 Å². The molecule has 0 aromatic heterocycles. The summed E-state index contributed by atoms with van der Waals surface area (Å²) < 4.78 is 0. The standard InChI is InChI=1S/C16H26N4OS2/c1-4-20(5-2)14-9-7-13(8-10-14)15(21)18-19-16(22)17-11-6-12-23-3/h7-10H,4-6,11-12H2,1-3H3,(H,18,21)(H2,17,19,22). The molecule has 0 atom stereocenters. The Kier molecular flexibility index (Phi) is 9.47. The number of thiocarbonyl (C=S) groups is 1. The second-order valence-electron chi connectivity index (χ2n) is 4.90. The summed E-state index contributed by atoms with van der Waals surface area (Å²) in [6.07, 6.45) is 3.10. The number of hydrazine groups is 1. The van der Waals surface area contributed by atoms with Crippen molar-refractivity contribution in [2.75, 3.05) is 36.5 Å². The quantitative estimate of drug-likeness (QED) is 0.379. The lowest BCUT2D eigenvalue weighted by molar-refractivity contribution is 0.0943. The Labute approximate surface area is 148 Å². The molecule has 1 aromatic rings. The summed E-state index contributed by atoms with van der Waals surface area (Å²) >= 11 is 6.91. The first-order valence-electron chi connectivity index (χ1n) is 7.80. The number of nitrogens with one attached hydrogen (secondary N) is 3. The van der Waals surface area contributed by atoms with Gasteiger partial charge in [0, 0.05) is 30.9 Å². The molecule has 0 aliphatic heterocycles. The van der Waals surface area contributed by atoms with Gasteiger partial charge in [-0.05, 0) is 68.8 Å². The lowest BCUT2D eigenvalue weighted by atomic mass is 10.2. The lowest BCUT2D eigenvalue weighted by Crippen LogP contribution is -2.47. The van der Waals surface area contributed by atoms with Crippen LogP contribution in [0.15, 0.2) is 24.3 Å². The van der Waals surface area contributed by atoms with Crippen molar-refractivity contribution in [1.29, 1.82) is 0 Å². The zero-order valence-corrected chi connectivity index (χ0v) is 15.6. The van der Waals surface area contributed by atoms with E-state index in [4.69, 9.17) is 12.2 Å². The summed E-state index contributed by atoms with van der Waals surface area (Å²) in [6.45, 7) is 6.91. The molecule has 0 fully saturated rings. The predicted molar refractivity (Wildman–Crippen MR) is 104 cm³/mol. The van der Waals surface area contributed by atoms with Crippen molar-refractivity contribution in [1.82, 2.24) is 16.2 Å². The number of hydrogen-bond donors (Lipinski definition) is 3. The van der Waals surface area contributed by atoms with E-state index >= 15 is 0 Å². The van der Waals surface area contributed by atoms with E-state index < -0.39 is 0 Å². The maximum atomic E-state index is 12.1. The normalized spacial score (nSPS) is 10.0. The molecule has 0 saturated carbocycles. The Hall–Kier alpha value is -1.47. The second kappa shape index (κ2) is 11.1. The van der Waals surface area contributed by atoms with Gasteiger partial charge >= 0.3 is 0 Å². The average molecular weight is 355 g/mol. The Morgan fingerprint density at radius 1 is 1.17 bits per heavy atom. The van der Waals surface area contributed by atoms with Crippen molar-refractivity contribution in [3.05, 3.63) is 29.8 Å².